The van der Waals surface area contributed by atoms with Gasteiger partial charge in [0.25, 0.3) is 5.56 Å². The maximum Gasteiger partial charge on any atom is 0.332 e. The molecule has 10 nitrogen and oxygen atoms in total. The van der Waals surface area contributed by atoms with Crippen molar-refractivity contribution in [2.24, 2.45) is 12.8 Å². The van der Waals surface area contributed by atoms with Crippen molar-refractivity contribution < 1.29 is 9.53 Å². The van der Waals surface area contributed by atoms with Crippen LogP contribution in [0.15, 0.2) is 64.2 Å². The number of amidine groups is 1. The maximum absolute atomic E-state index is 13.5. The van der Waals surface area contributed by atoms with Gasteiger partial charge in [0.2, 0.25) is 0 Å². The van der Waals surface area contributed by atoms with Gasteiger partial charge in [0.15, 0.2) is 5.52 Å². The number of nitrogens with one attached hydrogen (secondary N) is 1. The average Bonchev–Trinajstić information content (AvgIpc) is 3.31. The summed E-state index contributed by atoms with van der Waals surface area (Å²) in [5.41, 5.74) is 7.95. The van der Waals surface area contributed by atoms with Gasteiger partial charge >= 0.3 is 11.7 Å². The van der Waals surface area contributed by atoms with Crippen molar-refractivity contribution in [3.63, 3.8) is 0 Å². The van der Waals surface area contributed by atoms with Crippen molar-refractivity contribution in [3.8, 4) is 11.4 Å². The highest BCUT2D eigenvalue weighted by atomic mass is 16.5. The van der Waals surface area contributed by atoms with Crippen LogP contribution in [-0.2, 0) is 36.1 Å². The summed E-state index contributed by atoms with van der Waals surface area (Å²) in [5, 5.41) is 7.67. The number of hydrogen-bond donors (Lipinski definition) is 2. The summed E-state index contributed by atoms with van der Waals surface area (Å²) in [6.07, 6.45) is 2.81. The molecule has 3 N–H and O–H groups in total. The third-order valence-electron chi connectivity index (χ3n) is 6.61. The molecule has 0 saturated heterocycles. The molecule has 38 heavy (non-hydrogen) atoms. The first kappa shape index (κ1) is 26.6. The topological polar surface area (TPSA) is 138 Å². The van der Waals surface area contributed by atoms with E-state index in [1.807, 2.05) is 34.9 Å². The van der Waals surface area contributed by atoms with Gasteiger partial charge in [-0.15, -0.1) is 0 Å². The predicted octanol–water partition coefficient (Wildman–Crippen LogP) is 2.82. The van der Waals surface area contributed by atoms with Gasteiger partial charge in [-0.2, -0.15) is 0 Å². The molecule has 0 saturated carbocycles. The van der Waals surface area contributed by atoms with Gasteiger partial charge in [0.05, 0.1) is 7.11 Å². The lowest BCUT2D eigenvalue weighted by Crippen LogP contribution is -2.39. The molecule has 10 heteroatoms. The molecule has 2 aromatic heterocycles. The summed E-state index contributed by atoms with van der Waals surface area (Å²) < 4.78 is 9.24. The van der Waals surface area contributed by atoms with Crippen LogP contribution in [0.25, 0.3) is 22.6 Å². The monoisotopic (exact) mass is 516 g/mol. The molecule has 0 amide bonds. The van der Waals surface area contributed by atoms with E-state index in [0.29, 0.717) is 36.4 Å². The van der Waals surface area contributed by atoms with E-state index in [9.17, 15) is 14.4 Å². The third-order valence-corrected chi connectivity index (χ3v) is 6.61. The summed E-state index contributed by atoms with van der Waals surface area (Å²) >= 11 is 0. The molecule has 198 valence electrons. The fourth-order valence-electron chi connectivity index (χ4n) is 4.57. The van der Waals surface area contributed by atoms with Crippen LogP contribution in [0, 0.1) is 5.41 Å². The van der Waals surface area contributed by atoms with E-state index in [-0.39, 0.29) is 30.3 Å². The second-order valence-electron chi connectivity index (χ2n) is 9.17. The second kappa shape index (κ2) is 11.7. The molecular formula is C28H32N6O4. The van der Waals surface area contributed by atoms with Gasteiger partial charge < -0.3 is 15.0 Å². The Labute approximate surface area is 219 Å². The summed E-state index contributed by atoms with van der Waals surface area (Å²) in [7, 11) is 2.98. The number of hydrogen-bond acceptors (Lipinski definition) is 6. The number of carbonyl (C=O) groups excluding carboxylic acids is 1. The van der Waals surface area contributed by atoms with E-state index in [0.717, 1.165) is 18.4 Å². The lowest BCUT2D eigenvalue weighted by Gasteiger charge is -2.13. The number of carbonyl (C=O) groups is 1. The lowest BCUT2D eigenvalue weighted by molar-refractivity contribution is -0.140. The minimum absolute atomic E-state index is 0.0367. The van der Waals surface area contributed by atoms with Gasteiger partial charge in [-0.3, -0.25) is 24.1 Å². The first-order valence-corrected chi connectivity index (χ1v) is 12.6. The number of fused-ring (bicyclic) bond motifs is 1. The van der Waals surface area contributed by atoms with Crippen molar-refractivity contribution in [2.45, 2.75) is 45.2 Å². The Balaban J connectivity index is 1.74. The number of unbranched alkanes of at least 4 members (excludes halogenated alkanes) is 1. The Bertz CT molecular complexity index is 1570. The fourth-order valence-corrected chi connectivity index (χ4v) is 4.57. The van der Waals surface area contributed by atoms with Gasteiger partial charge in [-0.25, -0.2) is 9.78 Å². The number of aromatic nitrogens is 4. The van der Waals surface area contributed by atoms with Crippen LogP contribution in [-0.4, -0.2) is 37.6 Å². The third kappa shape index (κ3) is 5.59. The van der Waals surface area contributed by atoms with E-state index in [4.69, 9.17) is 16.1 Å². The molecule has 0 fully saturated rings. The molecule has 4 aromatic rings. The molecule has 0 aliphatic rings. The quantitative estimate of drug-likeness (QED) is 0.136. The lowest BCUT2D eigenvalue weighted by atomic mass is 10.1. The largest absolute Gasteiger partial charge is 0.469 e. The molecule has 0 aliphatic carbocycles. The fraction of sp³-hybridized carbons (Fsp3) is 0.321. The zero-order valence-corrected chi connectivity index (χ0v) is 21.6. The number of aryl methyl sites for hydroxylation is 3. The molecule has 0 unspecified atom stereocenters. The number of ether oxygens (including phenoxy) is 1. The first-order chi connectivity index (χ1) is 18.3. The molecule has 0 atom stereocenters. The SMILES string of the molecule is COC(=O)CCCCn1c(=O)c2nc(-c3ccc(C(=N)N)cc3)n(CCCc3ccccc3)c2n(C)c1=O. The van der Waals surface area contributed by atoms with Crippen LogP contribution in [0.1, 0.15) is 36.8 Å². The normalized spacial score (nSPS) is 11.1. The number of esters is 1. The van der Waals surface area contributed by atoms with E-state index < -0.39 is 11.2 Å². The van der Waals surface area contributed by atoms with Gasteiger partial charge in [0.1, 0.15) is 17.3 Å². The smallest absolute Gasteiger partial charge is 0.332 e. The predicted molar refractivity (Wildman–Crippen MR) is 146 cm³/mol. The zero-order valence-electron chi connectivity index (χ0n) is 21.6. The van der Waals surface area contributed by atoms with E-state index in [1.54, 1.807) is 19.2 Å². The van der Waals surface area contributed by atoms with Crippen LogP contribution < -0.4 is 17.0 Å². The van der Waals surface area contributed by atoms with Gasteiger partial charge in [0, 0.05) is 37.7 Å². The van der Waals surface area contributed by atoms with Gasteiger partial charge in [-0.05, 0) is 31.2 Å². The molecule has 2 heterocycles. The number of rotatable bonds is 11. The number of benzene rings is 2. The summed E-state index contributed by atoms with van der Waals surface area (Å²) in [6, 6.07) is 17.2. The van der Waals surface area contributed by atoms with Crippen LogP contribution in [0.5, 0.6) is 0 Å². The van der Waals surface area contributed by atoms with Crippen molar-refractivity contribution >= 4 is 23.0 Å². The maximum atomic E-state index is 13.5. The van der Waals surface area contributed by atoms with Crippen LogP contribution in [0.4, 0.5) is 0 Å². The Hall–Kier alpha value is -4.47. The van der Waals surface area contributed by atoms with Crippen LogP contribution in [0.2, 0.25) is 0 Å². The van der Waals surface area contributed by atoms with Crippen molar-refractivity contribution in [1.29, 1.82) is 5.41 Å². The average molecular weight is 517 g/mol. The second-order valence-corrected chi connectivity index (χ2v) is 9.17. The number of nitrogens with two attached hydrogens (primary N) is 1. The highest BCUT2D eigenvalue weighted by Gasteiger charge is 2.21. The summed E-state index contributed by atoms with van der Waals surface area (Å²) in [4.78, 5) is 42.8. The van der Waals surface area contributed by atoms with Gasteiger partial charge in [-0.1, -0.05) is 54.6 Å². The molecule has 0 aliphatic heterocycles. The van der Waals surface area contributed by atoms with E-state index in [2.05, 4.69) is 16.9 Å². The van der Waals surface area contributed by atoms with Crippen LogP contribution >= 0.6 is 0 Å². The van der Waals surface area contributed by atoms with Crippen LogP contribution in [0.3, 0.4) is 0 Å². The number of methoxy groups -OCH3 is 1. The van der Waals surface area contributed by atoms with Crippen molar-refractivity contribution in [2.75, 3.05) is 7.11 Å². The zero-order chi connectivity index (χ0) is 27.2. The molecule has 4 rings (SSSR count). The standard InChI is InChI=1S/C28H32N6O4/c1-32-26-23(27(36)34(28(32)37)17-7-6-12-22(35)38-2)31-25(21-15-13-20(14-16-21)24(29)30)33(26)18-8-11-19-9-4-3-5-10-19/h3-5,9-10,13-16H,6-8,11-12,17-18H2,1-2H3,(H3,29,30). The Morgan fingerprint density at radius 2 is 1.66 bits per heavy atom. The van der Waals surface area contributed by atoms with Crippen molar-refractivity contribution in [1.82, 2.24) is 18.7 Å². The minimum Gasteiger partial charge on any atom is -0.469 e. The van der Waals surface area contributed by atoms with E-state index in [1.165, 1.54) is 21.8 Å². The highest BCUT2D eigenvalue weighted by molar-refractivity contribution is 5.95. The molecule has 0 radical (unpaired) electrons. The van der Waals surface area contributed by atoms with E-state index >= 15 is 0 Å². The number of imidazole rings is 1. The summed E-state index contributed by atoms with van der Waals surface area (Å²) in [6.45, 7) is 0.729. The Morgan fingerprint density at radius 1 is 0.974 bits per heavy atom. The minimum atomic E-state index is -0.454. The first-order valence-electron chi connectivity index (χ1n) is 12.6. The molecule has 2 aromatic carbocycles. The molecular weight excluding hydrogens is 484 g/mol. The Kier molecular flexibility index (Phi) is 8.20. The van der Waals surface area contributed by atoms with Crippen molar-refractivity contribution in [3.05, 3.63) is 86.6 Å². The summed E-state index contributed by atoms with van der Waals surface area (Å²) in [5.74, 6) is 0.208. The number of nitrogens with zero attached hydrogens (tertiary/aromatic N) is 4. The highest BCUT2D eigenvalue weighted by Crippen LogP contribution is 2.24. The molecule has 0 spiro atoms. The number of nitrogen functional groups attached to an aromatic ring is 1. The Morgan fingerprint density at radius 3 is 2.32 bits per heavy atom. The molecule has 0 bridgehead atoms.